The van der Waals surface area contributed by atoms with Crippen LogP contribution < -0.4 is 0 Å². The van der Waals surface area contributed by atoms with Crippen LogP contribution in [0, 0.1) is 0 Å². The van der Waals surface area contributed by atoms with E-state index in [-0.39, 0.29) is 12.2 Å². The van der Waals surface area contributed by atoms with Crippen LogP contribution in [0.2, 0.25) is 0 Å². The van der Waals surface area contributed by atoms with Crippen LogP contribution in [0.4, 0.5) is 0 Å². The molecule has 0 saturated heterocycles. The molecule has 2 heterocycles. The molecule has 0 fully saturated rings. The maximum Gasteiger partial charge on any atom is 0.223 e. The zero-order chi connectivity index (χ0) is 10.2. The fourth-order valence-corrected chi connectivity index (χ4v) is 1.12. The van der Waals surface area contributed by atoms with Crippen molar-refractivity contribution in [3.63, 3.8) is 0 Å². The summed E-state index contributed by atoms with van der Waals surface area (Å²) in [6.45, 7) is 1.65. The molecule has 0 aliphatic rings. The number of rotatable bonds is 2. The molecule has 0 unspecified atom stereocenters. The maximum absolute atomic E-state index is 9.51. The average molecular weight is 194 g/mol. The number of nitrogens with one attached hydrogen (secondary N) is 1. The Morgan fingerprint density at radius 1 is 1.50 bits per heavy atom. The van der Waals surface area contributed by atoms with Crippen LogP contribution in [-0.2, 0) is 5.79 Å². The Morgan fingerprint density at radius 2 is 2.29 bits per heavy atom. The van der Waals surface area contributed by atoms with E-state index >= 15 is 0 Å². The number of fused-ring (bicyclic) bond motifs is 1. The summed E-state index contributed by atoms with van der Waals surface area (Å²) in [5, 5.41) is 19.0. The van der Waals surface area contributed by atoms with E-state index in [9.17, 15) is 10.2 Å². The summed E-state index contributed by atoms with van der Waals surface area (Å²) in [6.07, 6.45) is 3.04. The summed E-state index contributed by atoms with van der Waals surface area (Å²) in [5.74, 6) is -1.84. The van der Waals surface area contributed by atoms with Gasteiger partial charge in [0.05, 0.1) is 6.20 Å². The third-order valence-corrected chi connectivity index (χ3v) is 2.03. The van der Waals surface area contributed by atoms with E-state index in [0.29, 0.717) is 11.2 Å². The molecule has 6 nitrogen and oxygen atoms in total. The van der Waals surface area contributed by atoms with Crippen LogP contribution in [0.3, 0.4) is 0 Å². The first kappa shape index (κ1) is 9.04. The standard InChI is InChI=1S/C8H10N4O2/c1-2-8(13,14)7-11-5-3-9-4-10-6(5)12-7/h3-4,13-14H,2H2,1H3,(H,9,10,11,12). The number of hydrogen-bond acceptors (Lipinski definition) is 5. The van der Waals surface area contributed by atoms with Crippen molar-refractivity contribution >= 4 is 11.2 Å². The van der Waals surface area contributed by atoms with Crippen molar-refractivity contribution in [3.05, 3.63) is 18.3 Å². The Labute approximate surface area is 79.7 Å². The molecule has 2 aromatic rings. The Balaban J connectivity index is 2.55. The normalized spacial score (nSPS) is 12.2. The van der Waals surface area contributed by atoms with Gasteiger partial charge in [-0.2, -0.15) is 0 Å². The fourth-order valence-electron chi connectivity index (χ4n) is 1.12. The third kappa shape index (κ3) is 1.34. The van der Waals surface area contributed by atoms with Gasteiger partial charge in [0, 0.05) is 6.42 Å². The SMILES string of the molecule is CCC(O)(O)c1nc2ncncc2[nH]1. The summed E-state index contributed by atoms with van der Waals surface area (Å²) in [4.78, 5) is 14.4. The van der Waals surface area contributed by atoms with E-state index < -0.39 is 5.79 Å². The Bertz CT molecular complexity index is 418. The smallest absolute Gasteiger partial charge is 0.223 e. The lowest BCUT2D eigenvalue weighted by molar-refractivity contribution is -0.176. The topological polar surface area (TPSA) is 94.9 Å². The van der Waals surface area contributed by atoms with Gasteiger partial charge >= 0.3 is 0 Å². The van der Waals surface area contributed by atoms with Crippen LogP contribution in [-0.4, -0.2) is 30.1 Å². The molecule has 0 bridgehead atoms. The molecule has 0 saturated carbocycles. The average Bonchev–Trinajstić information content (AvgIpc) is 2.61. The van der Waals surface area contributed by atoms with Crippen LogP contribution in [0.1, 0.15) is 19.2 Å². The monoisotopic (exact) mass is 194 g/mol. The van der Waals surface area contributed by atoms with Gasteiger partial charge in [-0.1, -0.05) is 6.92 Å². The molecular formula is C8H10N4O2. The zero-order valence-corrected chi connectivity index (χ0v) is 7.60. The van der Waals surface area contributed by atoms with Crippen molar-refractivity contribution in [2.24, 2.45) is 0 Å². The van der Waals surface area contributed by atoms with Crippen molar-refractivity contribution in [1.82, 2.24) is 19.9 Å². The van der Waals surface area contributed by atoms with E-state index in [1.54, 1.807) is 6.92 Å². The number of imidazole rings is 1. The van der Waals surface area contributed by atoms with E-state index in [2.05, 4.69) is 19.9 Å². The van der Waals surface area contributed by atoms with E-state index in [1.165, 1.54) is 12.5 Å². The molecule has 74 valence electrons. The first-order valence-corrected chi connectivity index (χ1v) is 4.24. The molecule has 0 radical (unpaired) electrons. The molecule has 6 heteroatoms. The molecule has 0 aromatic carbocycles. The second-order valence-corrected chi connectivity index (χ2v) is 3.02. The molecule has 2 rings (SSSR count). The second-order valence-electron chi connectivity index (χ2n) is 3.02. The summed E-state index contributed by atoms with van der Waals surface area (Å²) in [5.41, 5.74) is 1.01. The lowest BCUT2D eigenvalue weighted by atomic mass is 10.2. The Hall–Kier alpha value is -1.53. The van der Waals surface area contributed by atoms with Gasteiger partial charge in [-0.05, 0) is 0 Å². The van der Waals surface area contributed by atoms with Crippen LogP contribution in [0.15, 0.2) is 12.5 Å². The van der Waals surface area contributed by atoms with Gasteiger partial charge in [0.25, 0.3) is 0 Å². The van der Waals surface area contributed by atoms with Crippen LogP contribution in [0.5, 0.6) is 0 Å². The lowest BCUT2D eigenvalue weighted by Gasteiger charge is -2.15. The van der Waals surface area contributed by atoms with E-state index in [0.717, 1.165) is 0 Å². The number of aromatic amines is 1. The van der Waals surface area contributed by atoms with Gasteiger partial charge in [0.1, 0.15) is 11.8 Å². The number of hydrogen-bond donors (Lipinski definition) is 3. The third-order valence-electron chi connectivity index (χ3n) is 2.03. The number of aromatic nitrogens is 4. The van der Waals surface area contributed by atoms with Gasteiger partial charge in [0.15, 0.2) is 11.5 Å². The zero-order valence-electron chi connectivity index (χ0n) is 7.60. The highest BCUT2D eigenvalue weighted by Crippen LogP contribution is 2.20. The minimum Gasteiger partial charge on any atom is -0.360 e. The minimum atomic E-state index is -1.93. The van der Waals surface area contributed by atoms with Gasteiger partial charge in [-0.3, -0.25) is 0 Å². The Morgan fingerprint density at radius 3 is 2.93 bits per heavy atom. The second kappa shape index (κ2) is 3.00. The van der Waals surface area contributed by atoms with Crippen molar-refractivity contribution in [1.29, 1.82) is 0 Å². The lowest BCUT2D eigenvalue weighted by Crippen LogP contribution is -2.25. The molecule has 0 aliphatic heterocycles. The summed E-state index contributed by atoms with van der Waals surface area (Å²) >= 11 is 0. The molecular weight excluding hydrogens is 184 g/mol. The van der Waals surface area contributed by atoms with E-state index in [4.69, 9.17) is 0 Å². The predicted molar refractivity (Wildman–Crippen MR) is 48.1 cm³/mol. The highest BCUT2D eigenvalue weighted by molar-refractivity contribution is 5.68. The van der Waals surface area contributed by atoms with Crippen LogP contribution >= 0.6 is 0 Å². The van der Waals surface area contributed by atoms with Crippen LogP contribution in [0.25, 0.3) is 11.2 Å². The summed E-state index contributed by atoms with van der Waals surface area (Å²) in [7, 11) is 0. The predicted octanol–water partition coefficient (Wildman–Crippen LogP) is -0.0997. The molecule has 3 N–H and O–H groups in total. The number of nitrogens with zero attached hydrogens (tertiary/aromatic N) is 3. The summed E-state index contributed by atoms with van der Waals surface area (Å²) in [6, 6.07) is 0. The van der Waals surface area contributed by atoms with Gasteiger partial charge in [-0.25, -0.2) is 15.0 Å². The largest absolute Gasteiger partial charge is 0.360 e. The molecule has 0 atom stereocenters. The van der Waals surface area contributed by atoms with Crippen molar-refractivity contribution in [2.45, 2.75) is 19.1 Å². The Kier molecular flexibility index (Phi) is 1.94. The molecule has 14 heavy (non-hydrogen) atoms. The van der Waals surface area contributed by atoms with Crippen molar-refractivity contribution in [2.75, 3.05) is 0 Å². The maximum atomic E-state index is 9.51. The summed E-state index contributed by atoms with van der Waals surface area (Å²) < 4.78 is 0. The van der Waals surface area contributed by atoms with Gasteiger partial charge < -0.3 is 15.2 Å². The number of H-pyrrole nitrogens is 1. The minimum absolute atomic E-state index is 0.0931. The van der Waals surface area contributed by atoms with E-state index in [1.807, 2.05) is 0 Å². The van der Waals surface area contributed by atoms with Crippen molar-refractivity contribution < 1.29 is 10.2 Å². The fraction of sp³-hybridized carbons (Fsp3) is 0.375. The molecule has 2 aromatic heterocycles. The molecule has 0 spiro atoms. The quantitative estimate of drug-likeness (QED) is 0.580. The van der Waals surface area contributed by atoms with Gasteiger partial charge in [-0.15, -0.1) is 0 Å². The van der Waals surface area contributed by atoms with Crippen molar-refractivity contribution in [3.8, 4) is 0 Å². The first-order chi connectivity index (χ1) is 6.63. The first-order valence-electron chi connectivity index (χ1n) is 4.24. The molecule has 0 aliphatic carbocycles. The number of aliphatic hydroxyl groups is 2. The van der Waals surface area contributed by atoms with Gasteiger partial charge in [0.2, 0.25) is 5.79 Å². The highest BCUT2D eigenvalue weighted by Gasteiger charge is 2.27. The molecule has 0 amide bonds. The highest BCUT2D eigenvalue weighted by atomic mass is 16.5.